The molecule has 5 aromatic rings. The molecule has 1 fully saturated rings. The van der Waals surface area contributed by atoms with E-state index in [0.29, 0.717) is 19.3 Å². The van der Waals surface area contributed by atoms with Gasteiger partial charge in [-0.15, -0.1) is 15.0 Å². The molecule has 5 heterocycles. The van der Waals surface area contributed by atoms with Crippen molar-refractivity contribution in [2.24, 2.45) is 0 Å². The maximum Gasteiger partial charge on any atom is 0.215 e. The Morgan fingerprint density at radius 3 is 2.55 bits per heavy atom. The molecule has 1 N–H and O–H groups in total. The van der Waals surface area contributed by atoms with Crippen LogP contribution in [0.25, 0.3) is 16.7 Å². The number of rotatable bonds is 11. The summed E-state index contributed by atoms with van der Waals surface area (Å²) >= 11 is 1.65. The lowest BCUT2D eigenvalue weighted by Gasteiger charge is -2.22. The standard InChI is InChI=1S/C29H36N10OSSi/c1-20-26(39-32-11-12-33-39)16-23(17-30-20)34-22-15-25-24(31-18-22)9-10-27(35-25)38(19-40-13-14-42(2,3)4)29-37-36-28(41-29)21-7-5-6-8-21/h9-12,15-18,21,34H,5-8,13-14,19H2,1-4H3. The molecule has 6 rings (SSSR count). The summed E-state index contributed by atoms with van der Waals surface area (Å²) in [6.45, 7) is 10.1. The number of anilines is 4. The molecule has 0 bridgehead atoms. The maximum absolute atomic E-state index is 6.19. The van der Waals surface area contributed by atoms with Crippen molar-refractivity contribution in [1.82, 2.24) is 40.1 Å². The summed E-state index contributed by atoms with van der Waals surface area (Å²) in [7, 11) is -1.21. The van der Waals surface area contributed by atoms with Crippen LogP contribution in [0.5, 0.6) is 0 Å². The highest BCUT2D eigenvalue weighted by Crippen LogP contribution is 2.38. The van der Waals surface area contributed by atoms with E-state index in [-0.39, 0.29) is 0 Å². The Hall–Kier alpha value is -3.81. The lowest BCUT2D eigenvalue weighted by Crippen LogP contribution is -2.26. The number of hydrogen-bond donors (Lipinski definition) is 1. The molecule has 0 unspecified atom stereocenters. The van der Waals surface area contributed by atoms with Gasteiger partial charge in [-0.2, -0.15) is 10.2 Å². The molecule has 0 aromatic carbocycles. The van der Waals surface area contributed by atoms with Crippen LogP contribution in [-0.4, -0.2) is 61.6 Å². The van der Waals surface area contributed by atoms with E-state index in [0.717, 1.165) is 55.8 Å². The molecule has 0 radical (unpaired) electrons. The minimum atomic E-state index is -1.21. The Labute approximate surface area is 250 Å². The van der Waals surface area contributed by atoms with Crippen molar-refractivity contribution < 1.29 is 4.74 Å². The second kappa shape index (κ2) is 12.2. The van der Waals surface area contributed by atoms with Crippen molar-refractivity contribution in [3.05, 3.63) is 59.8 Å². The largest absolute Gasteiger partial charge is 0.361 e. The van der Waals surface area contributed by atoms with E-state index in [4.69, 9.17) is 9.72 Å². The molecule has 0 amide bonds. The molecule has 5 aromatic heterocycles. The highest BCUT2D eigenvalue weighted by Gasteiger charge is 2.24. The Morgan fingerprint density at radius 1 is 1.00 bits per heavy atom. The average molecular weight is 601 g/mol. The van der Waals surface area contributed by atoms with E-state index in [2.05, 4.69) is 55.3 Å². The first-order valence-electron chi connectivity index (χ1n) is 14.4. The monoisotopic (exact) mass is 600 g/mol. The van der Waals surface area contributed by atoms with Gasteiger partial charge in [0.15, 0.2) is 0 Å². The predicted octanol–water partition coefficient (Wildman–Crippen LogP) is 6.62. The molecule has 0 atom stereocenters. The van der Waals surface area contributed by atoms with Crippen LogP contribution < -0.4 is 10.2 Å². The minimum Gasteiger partial charge on any atom is -0.361 e. The Morgan fingerprint density at radius 2 is 1.76 bits per heavy atom. The lowest BCUT2D eigenvalue weighted by molar-refractivity contribution is 0.153. The molecular formula is C29H36N10OSSi. The number of pyridine rings is 3. The number of aromatic nitrogens is 8. The number of nitrogens with zero attached hydrogens (tertiary/aromatic N) is 9. The highest BCUT2D eigenvalue weighted by molar-refractivity contribution is 7.15. The fourth-order valence-electron chi connectivity index (χ4n) is 4.94. The van der Waals surface area contributed by atoms with Crippen LogP contribution in [0, 0.1) is 6.92 Å². The summed E-state index contributed by atoms with van der Waals surface area (Å²) in [6.07, 6.45) is 11.8. The van der Waals surface area contributed by atoms with E-state index in [9.17, 15) is 0 Å². The van der Waals surface area contributed by atoms with Crippen LogP contribution in [0.15, 0.2) is 49.1 Å². The van der Waals surface area contributed by atoms with Crippen LogP contribution in [0.1, 0.15) is 42.3 Å². The average Bonchev–Trinajstić information content (AvgIpc) is 3.76. The first kappa shape index (κ1) is 28.3. The van der Waals surface area contributed by atoms with Gasteiger partial charge in [0.1, 0.15) is 23.2 Å². The minimum absolute atomic E-state index is 0.368. The molecule has 13 heteroatoms. The normalized spacial score (nSPS) is 14.1. The fraction of sp³-hybridized carbons (Fsp3) is 0.414. The van der Waals surface area contributed by atoms with Gasteiger partial charge in [0, 0.05) is 20.6 Å². The number of hydrogen-bond acceptors (Lipinski definition) is 11. The van der Waals surface area contributed by atoms with Crippen molar-refractivity contribution in [3.63, 3.8) is 0 Å². The van der Waals surface area contributed by atoms with Gasteiger partial charge in [0.2, 0.25) is 5.13 Å². The number of aryl methyl sites for hydroxylation is 1. The summed E-state index contributed by atoms with van der Waals surface area (Å²) in [5, 5.41) is 23.0. The van der Waals surface area contributed by atoms with Crippen LogP contribution in [-0.2, 0) is 4.74 Å². The smallest absolute Gasteiger partial charge is 0.215 e. The molecular weight excluding hydrogens is 565 g/mol. The maximum atomic E-state index is 6.19. The zero-order chi connectivity index (χ0) is 29.1. The lowest BCUT2D eigenvalue weighted by atomic mass is 10.1. The molecule has 0 spiro atoms. The Kier molecular flexibility index (Phi) is 8.22. The number of ether oxygens (including phenoxy) is 1. The Bertz CT molecular complexity index is 1650. The van der Waals surface area contributed by atoms with Gasteiger partial charge in [0.05, 0.1) is 52.9 Å². The van der Waals surface area contributed by atoms with Gasteiger partial charge in [0.25, 0.3) is 0 Å². The van der Waals surface area contributed by atoms with Crippen molar-refractivity contribution in [1.29, 1.82) is 0 Å². The van der Waals surface area contributed by atoms with Crippen LogP contribution >= 0.6 is 11.3 Å². The molecule has 1 aliphatic carbocycles. The summed E-state index contributed by atoms with van der Waals surface area (Å²) in [4.78, 5) is 17.8. The van der Waals surface area contributed by atoms with Crippen LogP contribution in [0.4, 0.5) is 22.3 Å². The van der Waals surface area contributed by atoms with Gasteiger partial charge in [-0.1, -0.05) is 43.8 Å². The van der Waals surface area contributed by atoms with Gasteiger partial charge in [-0.25, -0.2) is 4.98 Å². The summed E-state index contributed by atoms with van der Waals surface area (Å²) < 4.78 is 6.19. The third kappa shape index (κ3) is 6.63. The SMILES string of the molecule is Cc1ncc(Nc2cnc3ccc(N(COCC[Si](C)(C)C)c4nnc(C5CCCC5)s4)nc3c2)cc1-n1nccn1. The summed E-state index contributed by atoms with van der Waals surface area (Å²) in [5.74, 6) is 1.27. The van der Waals surface area contributed by atoms with Gasteiger partial charge < -0.3 is 10.1 Å². The summed E-state index contributed by atoms with van der Waals surface area (Å²) in [6, 6.07) is 9.03. The first-order valence-corrected chi connectivity index (χ1v) is 18.9. The number of fused-ring (bicyclic) bond motifs is 1. The fourth-order valence-corrected chi connectivity index (χ4v) is 6.71. The van der Waals surface area contributed by atoms with Crippen LogP contribution in [0.3, 0.4) is 0 Å². The van der Waals surface area contributed by atoms with Gasteiger partial charge in [-0.05, 0) is 50.1 Å². The Balaban J connectivity index is 1.27. The van der Waals surface area contributed by atoms with Gasteiger partial charge >= 0.3 is 0 Å². The van der Waals surface area contributed by atoms with E-state index in [1.54, 1.807) is 40.9 Å². The zero-order valence-electron chi connectivity index (χ0n) is 24.5. The topological polar surface area (TPSA) is 120 Å². The predicted molar refractivity (Wildman–Crippen MR) is 169 cm³/mol. The molecule has 1 saturated carbocycles. The van der Waals surface area contributed by atoms with E-state index >= 15 is 0 Å². The van der Waals surface area contributed by atoms with Crippen molar-refractivity contribution >= 4 is 52.8 Å². The third-order valence-corrected chi connectivity index (χ3v) is 10.2. The zero-order valence-corrected chi connectivity index (χ0v) is 26.3. The van der Waals surface area contributed by atoms with Crippen LogP contribution in [0.2, 0.25) is 25.7 Å². The highest BCUT2D eigenvalue weighted by atomic mass is 32.1. The number of nitrogens with one attached hydrogen (secondary N) is 1. The molecule has 11 nitrogen and oxygen atoms in total. The van der Waals surface area contributed by atoms with Gasteiger partial charge in [-0.3, -0.25) is 14.9 Å². The van der Waals surface area contributed by atoms with E-state index in [1.165, 1.54) is 25.7 Å². The molecule has 218 valence electrons. The molecule has 0 aliphatic heterocycles. The summed E-state index contributed by atoms with van der Waals surface area (Å²) in [5.41, 5.74) is 4.80. The second-order valence-corrected chi connectivity index (χ2v) is 18.5. The molecule has 1 aliphatic rings. The quantitative estimate of drug-likeness (QED) is 0.101. The van der Waals surface area contributed by atoms with E-state index in [1.807, 2.05) is 36.1 Å². The van der Waals surface area contributed by atoms with E-state index < -0.39 is 8.07 Å². The first-order chi connectivity index (χ1) is 20.3. The van der Waals surface area contributed by atoms with Crippen molar-refractivity contribution in [2.75, 3.05) is 23.6 Å². The molecule has 0 saturated heterocycles. The van der Waals surface area contributed by atoms with Crippen molar-refractivity contribution in [2.45, 2.75) is 64.2 Å². The third-order valence-electron chi connectivity index (χ3n) is 7.36. The molecule has 42 heavy (non-hydrogen) atoms. The second-order valence-electron chi connectivity index (χ2n) is 11.9. The van der Waals surface area contributed by atoms with Crippen molar-refractivity contribution in [3.8, 4) is 5.69 Å².